The van der Waals surface area contributed by atoms with Gasteiger partial charge in [-0.1, -0.05) is 111 Å². The maximum atomic E-state index is 12.8. The summed E-state index contributed by atoms with van der Waals surface area (Å²) in [5.41, 5.74) is 5.27. The van der Waals surface area contributed by atoms with E-state index >= 15 is 0 Å². The van der Waals surface area contributed by atoms with Crippen LogP contribution in [0.5, 0.6) is 0 Å². The summed E-state index contributed by atoms with van der Waals surface area (Å²) in [6, 6.07) is 35.2. The molecule has 3 aliphatic carbocycles. The number of aromatic nitrogens is 1. The molecule has 0 aliphatic heterocycles. The zero-order valence-corrected chi connectivity index (χ0v) is 19.1. The van der Waals surface area contributed by atoms with E-state index in [1.807, 2.05) is 42.5 Å². The van der Waals surface area contributed by atoms with Crippen molar-refractivity contribution in [1.82, 2.24) is 4.98 Å². The molecule has 0 saturated heterocycles. The van der Waals surface area contributed by atoms with Gasteiger partial charge in [0.1, 0.15) is 5.60 Å². The monoisotopic (exact) mass is 431 g/mol. The van der Waals surface area contributed by atoms with Crippen LogP contribution in [-0.2, 0) is 5.60 Å². The average Bonchev–Trinajstić information content (AvgIpc) is 2.88. The predicted molar refractivity (Wildman–Crippen MR) is 133 cm³/mol. The van der Waals surface area contributed by atoms with Crippen LogP contribution in [0, 0.1) is 11.3 Å². The van der Waals surface area contributed by atoms with Crippen molar-refractivity contribution in [2.24, 2.45) is 11.3 Å². The second-order valence-electron chi connectivity index (χ2n) is 10.2. The Morgan fingerprint density at radius 3 is 1.85 bits per heavy atom. The molecule has 0 amide bonds. The van der Waals surface area contributed by atoms with Gasteiger partial charge in [-0.25, -0.2) is 0 Å². The first-order valence-electron chi connectivity index (χ1n) is 11.9. The van der Waals surface area contributed by atoms with Crippen LogP contribution in [0.4, 0.5) is 0 Å². The fraction of sp³-hybridized carbons (Fsp3) is 0.258. The molecule has 0 spiro atoms. The fourth-order valence-corrected chi connectivity index (χ4v) is 6.44. The van der Waals surface area contributed by atoms with Gasteiger partial charge in [0.05, 0.1) is 11.4 Å². The molecule has 7 rings (SSSR count). The van der Waals surface area contributed by atoms with Crippen molar-refractivity contribution in [3.63, 3.8) is 0 Å². The van der Waals surface area contributed by atoms with Gasteiger partial charge in [-0.2, -0.15) is 0 Å². The predicted octanol–water partition coefficient (Wildman–Crippen LogP) is 6.91. The van der Waals surface area contributed by atoms with Gasteiger partial charge in [-0.05, 0) is 46.4 Å². The first-order valence-corrected chi connectivity index (χ1v) is 11.9. The van der Waals surface area contributed by atoms with Crippen molar-refractivity contribution in [3.8, 4) is 11.3 Å². The molecule has 33 heavy (non-hydrogen) atoms. The van der Waals surface area contributed by atoms with Crippen molar-refractivity contribution in [1.29, 1.82) is 0 Å². The van der Waals surface area contributed by atoms with Crippen LogP contribution in [0.1, 0.15) is 54.5 Å². The highest BCUT2D eigenvalue weighted by Crippen LogP contribution is 2.69. The van der Waals surface area contributed by atoms with Gasteiger partial charge < -0.3 is 5.11 Å². The Morgan fingerprint density at radius 1 is 0.758 bits per heavy atom. The van der Waals surface area contributed by atoms with Crippen molar-refractivity contribution >= 4 is 0 Å². The molecule has 0 unspecified atom stereocenters. The Kier molecular flexibility index (Phi) is 4.57. The topological polar surface area (TPSA) is 33.1 Å². The largest absolute Gasteiger partial charge is 0.380 e. The summed E-state index contributed by atoms with van der Waals surface area (Å²) in [5.74, 6) is 0.710. The lowest BCUT2D eigenvalue weighted by atomic mass is 9.42. The van der Waals surface area contributed by atoms with Gasteiger partial charge in [-0.15, -0.1) is 0 Å². The maximum Gasteiger partial charge on any atom is 0.123 e. The van der Waals surface area contributed by atoms with Crippen LogP contribution in [0.15, 0.2) is 103 Å². The highest BCUT2D eigenvalue weighted by Gasteiger charge is 2.62. The van der Waals surface area contributed by atoms with Gasteiger partial charge in [0, 0.05) is 11.5 Å². The van der Waals surface area contributed by atoms with E-state index in [4.69, 9.17) is 4.98 Å². The van der Waals surface area contributed by atoms with Crippen LogP contribution in [0.3, 0.4) is 0 Å². The van der Waals surface area contributed by atoms with E-state index in [0.717, 1.165) is 34.5 Å². The van der Waals surface area contributed by atoms with E-state index < -0.39 is 5.60 Å². The number of rotatable bonds is 4. The van der Waals surface area contributed by atoms with Crippen LogP contribution < -0.4 is 0 Å². The number of aliphatic hydroxyl groups is 1. The third-order valence-electron chi connectivity index (χ3n) is 8.32. The van der Waals surface area contributed by atoms with Crippen molar-refractivity contribution in [2.75, 3.05) is 0 Å². The Morgan fingerprint density at radius 2 is 1.30 bits per heavy atom. The van der Waals surface area contributed by atoms with Gasteiger partial charge >= 0.3 is 0 Å². The maximum absolute atomic E-state index is 12.8. The lowest BCUT2D eigenvalue weighted by Gasteiger charge is -2.62. The minimum absolute atomic E-state index is 0.116. The molecule has 3 aliphatic rings. The summed E-state index contributed by atoms with van der Waals surface area (Å²) in [7, 11) is 0. The van der Waals surface area contributed by atoms with Crippen molar-refractivity contribution in [3.05, 3.63) is 126 Å². The highest BCUT2D eigenvalue weighted by molar-refractivity contribution is 5.61. The van der Waals surface area contributed by atoms with E-state index in [-0.39, 0.29) is 11.3 Å². The number of benzene rings is 3. The molecule has 1 fully saturated rings. The summed E-state index contributed by atoms with van der Waals surface area (Å²) in [4.78, 5) is 5.27. The van der Waals surface area contributed by atoms with Crippen molar-refractivity contribution in [2.45, 2.75) is 37.7 Å². The molecule has 1 aromatic heterocycles. The molecule has 2 bridgehead atoms. The second-order valence-corrected chi connectivity index (χ2v) is 10.2. The van der Waals surface area contributed by atoms with E-state index in [1.165, 1.54) is 5.56 Å². The second kappa shape index (κ2) is 7.40. The number of hydrogen-bond donors (Lipinski definition) is 1. The molecule has 164 valence electrons. The summed E-state index contributed by atoms with van der Waals surface area (Å²) in [6.45, 7) is 4.73. The summed E-state index contributed by atoms with van der Waals surface area (Å²) < 4.78 is 0. The normalized spacial score (nSPS) is 22.8. The Hall–Kier alpha value is -3.23. The van der Waals surface area contributed by atoms with Gasteiger partial charge in [-0.3, -0.25) is 4.98 Å². The zero-order valence-electron chi connectivity index (χ0n) is 19.1. The minimum Gasteiger partial charge on any atom is -0.380 e. The van der Waals surface area contributed by atoms with E-state index in [0.29, 0.717) is 11.8 Å². The molecule has 2 heteroatoms. The van der Waals surface area contributed by atoms with Gasteiger partial charge in [0.2, 0.25) is 0 Å². The molecular weight excluding hydrogens is 402 g/mol. The molecule has 1 saturated carbocycles. The summed E-state index contributed by atoms with van der Waals surface area (Å²) in [6.07, 6.45) is 1.10. The van der Waals surface area contributed by atoms with E-state index in [1.54, 1.807) is 0 Å². The summed E-state index contributed by atoms with van der Waals surface area (Å²) in [5, 5.41) is 12.8. The zero-order chi connectivity index (χ0) is 22.6. The molecule has 0 radical (unpaired) electrons. The highest BCUT2D eigenvalue weighted by atomic mass is 16.3. The average molecular weight is 432 g/mol. The van der Waals surface area contributed by atoms with Crippen LogP contribution >= 0.6 is 0 Å². The number of pyridine rings is 1. The quantitative estimate of drug-likeness (QED) is 0.381. The summed E-state index contributed by atoms with van der Waals surface area (Å²) >= 11 is 0. The Labute approximate surface area is 196 Å². The Balaban J connectivity index is 1.61. The number of nitrogens with zero attached hydrogens (tertiary/aromatic N) is 1. The Bertz CT molecular complexity index is 1240. The van der Waals surface area contributed by atoms with E-state index in [2.05, 4.69) is 74.5 Å². The standard InChI is InChI=1S/C31H29NO/c1-30(2)25-20-26(30)28(29-24(25)18-19-27(32-29)21-12-6-3-7-13-21)31(33,22-14-8-4-9-15-22)23-16-10-5-11-17-23/h3-19,25-26,28,33H,20H2,1-2H3/t25-,26+,28-/m0/s1. The van der Waals surface area contributed by atoms with Gasteiger partial charge in [0.15, 0.2) is 0 Å². The van der Waals surface area contributed by atoms with Crippen LogP contribution in [0.25, 0.3) is 11.3 Å². The number of hydrogen-bond acceptors (Lipinski definition) is 2. The molecule has 1 heterocycles. The third-order valence-corrected chi connectivity index (χ3v) is 8.32. The van der Waals surface area contributed by atoms with Crippen LogP contribution in [-0.4, -0.2) is 10.1 Å². The fourth-order valence-electron chi connectivity index (χ4n) is 6.44. The SMILES string of the molecule is CC1(C)[C@@H]2C[C@H]1c1ccc(-c3ccccc3)nc1[C@H]2C(O)(c1ccccc1)c1ccccc1. The minimum atomic E-state index is -1.16. The lowest BCUT2D eigenvalue weighted by molar-refractivity contribution is -0.0805. The first kappa shape index (κ1) is 20.4. The molecule has 3 atom stereocenters. The molecular formula is C31H29NO. The van der Waals surface area contributed by atoms with Crippen LogP contribution in [0.2, 0.25) is 0 Å². The smallest absolute Gasteiger partial charge is 0.123 e. The first-order chi connectivity index (χ1) is 16.0. The van der Waals surface area contributed by atoms with E-state index in [9.17, 15) is 5.11 Å². The lowest BCUT2D eigenvalue weighted by Crippen LogP contribution is -2.56. The van der Waals surface area contributed by atoms with Gasteiger partial charge in [0.25, 0.3) is 0 Å². The molecule has 2 nitrogen and oxygen atoms in total. The molecule has 1 N–H and O–H groups in total. The third kappa shape index (κ3) is 2.94. The molecule has 4 aromatic rings. The molecule has 3 aromatic carbocycles. The van der Waals surface area contributed by atoms with Crippen molar-refractivity contribution < 1.29 is 5.11 Å².